The average Bonchev–Trinajstić information content (AvgIpc) is 3.68. The van der Waals surface area contributed by atoms with Crippen LogP contribution in [0.5, 0.6) is 0 Å². The van der Waals surface area contributed by atoms with Gasteiger partial charge in [0.1, 0.15) is 0 Å². The van der Waals surface area contributed by atoms with Crippen LogP contribution in [-0.4, -0.2) is 15.0 Å². The van der Waals surface area contributed by atoms with Gasteiger partial charge in [0.2, 0.25) is 0 Å². The van der Waals surface area contributed by atoms with E-state index >= 15 is 0 Å². The first kappa shape index (κ1) is 33.1. The lowest BCUT2D eigenvalue weighted by Gasteiger charge is -2.13. The third kappa shape index (κ3) is 5.95. The molecule has 11 rings (SSSR count). The third-order valence-corrected chi connectivity index (χ3v) is 12.2. The van der Waals surface area contributed by atoms with Crippen molar-refractivity contribution in [3.8, 4) is 67.5 Å². The fourth-order valence-corrected chi connectivity index (χ4v) is 9.29. The van der Waals surface area contributed by atoms with Gasteiger partial charge < -0.3 is 0 Å². The molecule has 0 amide bonds. The zero-order valence-corrected chi connectivity index (χ0v) is 31.6. The van der Waals surface area contributed by atoms with Crippen molar-refractivity contribution in [1.82, 2.24) is 15.0 Å². The maximum Gasteiger partial charge on any atom is 0.165 e. The summed E-state index contributed by atoms with van der Waals surface area (Å²) in [6, 6.07) is 71.1. The molecular weight excluding hydrogens is 711 g/mol. The number of fused-ring (bicyclic) bond motifs is 5. The standard InChI is InChI=1S/C53H33N3S/c1-3-12-34(13-4-1)39-28-24-36-25-29-40(33-41(36)32-39)35-22-26-38(27-23-35)51-54-52(47-31-30-42(37-14-5-2-6-15-37)43-16-7-8-17-44(43)47)56-53(55-51)48-20-11-19-46-45-18-9-10-21-49(45)57-50(46)48/h1-33H. The molecular formula is C53H33N3S. The van der Waals surface area contributed by atoms with Gasteiger partial charge in [0, 0.05) is 36.9 Å². The first-order valence-corrected chi connectivity index (χ1v) is 20.0. The van der Waals surface area contributed by atoms with Crippen molar-refractivity contribution in [3.63, 3.8) is 0 Å². The predicted octanol–water partition coefficient (Wildman–Crippen LogP) is 14.5. The number of aromatic nitrogens is 3. The largest absolute Gasteiger partial charge is 0.208 e. The second-order valence-corrected chi connectivity index (χ2v) is 15.4. The van der Waals surface area contributed by atoms with E-state index in [1.807, 2.05) is 0 Å². The van der Waals surface area contributed by atoms with Gasteiger partial charge in [-0.1, -0.05) is 170 Å². The van der Waals surface area contributed by atoms with Crippen LogP contribution in [0.3, 0.4) is 0 Å². The van der Waals surface area contributed by atoms with Gasteiger partial charge in [-0.05, 0) is 85.3 Å². The molecule has 2 heterocycles. The highest BCUT2D eigenvalue weighted by molar-refractivity contribution is 7.26. The Labute approximate surface area is 334 Å². The quantitative estimate of drug-likeness (QED) is 0.170. The minimum Gasteiger partial charge on any atom is -0.208 e. The van der Waals surface area contributed by atoms with E-state index in [4.69, 9.17) is 15.0 Å². The van der Waals surface area contributed by atoms with E-state index < -0.39 is 0 Å². The van der Waals surface area contributed by atoms with Crippen LogP contribution < -0.4 is 0 Å². The Morgan fingerprint density at radius 2 is 0.789 bits per heavy atom. The number of thiophene rings is 1. The number of rotatable bonds is 6. The maximum absolute atomic E-state index is 5.28. The Bertz CT molecular complexity index is 3280. The molecule has 2 aromatic heterocycles. The second kappa shape index (κ2) is 13.8. The second-order valence-electron chi connectivity index (χ2n) is 14.4. The van der Waals surface area contributed by atoms with Crippen LogP contribution in [0.25, 0.3) is 109 Å². The molecule has 0 aliphatic heterocycles. The van der Waals surface area contributed by atoms with Crippen molar-refractivity contribution < 1.29 is 0 Å². The van der Waals surface area contributed by atoms with Crippen LogP contribution in [0.2, 0.25) is 0 Å². The molecule has 0 saturated carbocycles. The predicted molar refractivity (Wildman–Crippen MR) is 240 cm³/mol. The number of hydrogen-bond donors (Lipinski definition) is 0. The summed E-state index contributed by atoms with van der Waals surface area (Å²) in [7, 11) is 0. The smallest absolute Gasteiger partial charge is 0.165 e. The first-order chi connectivity index (χ1) is 28.2. The van der Waals surface area contributed by atoms with Crippen molar-refractivity contribution >= 4 is 53.1 Å². The summed E-state index contributed by atoms with van der Waals surface area (Å²) in [4.78, 5) is 15.7. The highest BCUT2D eigenvalue weighted by atomic mass is 32.1. The molecule has 0 radical (unpaired) electrons. The molecule has 0 spiro atoms. The summed E-state index contributed by atoms with van der Waals surface area (Å²) in [5.41, 5.74) is 10.0. The molecule has 9 aromatic carbocycles. The van der Waals surface area contributed by atoms with Gasteiger partial charge in [0.15, 0.2) is 17.5 Å². The van der Waals surface area contributed by atoms with Crippen molar-refractivity contribution in [2.45, 2.75) is 0 Å². The van der Waals surface area contributed by atoms with E-state index in [-0.39, 0.29) is 0 Å². The summed E-state index contributed by atoms with van der Waals surface area (Å²) in [6.07, 6.45) is 0. The molecule has 0 unspecified atom stereocenters. The van der Waals surface area contributed by atoms with Gasteiger partial charge >= 0.3 is 0 Å². The molecule has 0 N–H and O–H groups in total. The zero-order chi connectivity index (χ0) is 37.7. The van der Waals surface area contributed by atoms with Gasteiger partial charge in [-0.3, -0.25) is 0 Å². The molecule has 0 atom stereocenters. The van der Waals surface area contributed by atoms with Crippen molar-refractivity contribution in [2.24, 2.45) is 0 Å². The molecule has 0 fully saturated rings. The minimum atomic E-state index is 0.641. The first-order valence-electron chi connectivity index (χ1n) is 19.2. The van der Waals surface area contributed by atoms with E-state index in [0.717, 1.165) is 38.6 Å². The van der Waals surface area contributed by atoms with Crippen molar-refractivity contribution in [3.05, 3.63) is 200 Å². The van der Waals surface area contributed by atoms with Gasteiger partial charge in [-0.2, -0.15) is 0 Å². The van der Waals surface area contributed by atoms with Crippen LogP contribution >= 0.6 is 11.3 Å². The summed E-state index contributed by atoms with van der Waals surface area (Å²) >= 11 is 1.79. The Hall–Kier alpha value is -7.27. The van der Waals surface area contributed by atoms with E-state index in [0.29, 0.717) is 17.5 Å². The van der Waals surface area contributed by atoms with E-state index in [9.17, 15) is 0 Å². The lowest BCUT2D eigenvalue weighted by atomic mass is 9.94. The van der Waals surface area contributed by atoms with Gasteiger partial charge in [0.25, 0.3) is 0 Å². The number of nitrogens with zero attached hydrogens (tertiary/aromatic N) is 3. The molecule has 0 aliphatic rings. The Morgan fingerprint density at radius 3 is 1.51 bits per heavy atom. The molecule has 57 heavy (non-hydrogen) atoms. The molecule has 11 aromatic rings. The Kier molecular flexibility index (Phi) is 8.01. The van der Waals surface area contributed by atoms with Gasteiger partial charge in [-0.25, -0.2) is 15.0 Å². The van der Waals surface area contributed by atoms with Crippen LogP contribution in [-0.2, 0) is 0 Å². The van der Waals surface area contributed by atoms with Gasteiger partial charge in [-0.15, -0.1) is 11.3 Å². The van der Waals surface area contributed by atoms with Crippen LogP contribution in [0.15, 0.2) is 200 Å². The molecule has 0 saturated heterocycles. The van der Waals surface area contributed by atoms with E-state index in [1.165, 1.54) is 53.2 Å². The number of benzene rings is 9. The Morgan fingerprint density at radius 1 is 0.281 bits per heavy atom. The molecule has 0 bridgehead atoms. The van der Waals surface area contributed by atoms with Crippen LogP contribution in [0.1, 0.15) is 0 Å². The van der Waals surface area contributed by atoms with Crippen LogP contribution in [0, 0.1) is 0 Å². The maximum atomic E-state index is 5.28. The van der Waals surface area contributed by atoms with Gasteiger partial charge in [0.05, 0.1) is 0 Å². The molecule has 3 nitrogen and oxygen atoms in total. The van der Waals surface area contributed by atoms with Crippen LogP contribution in [0.4, 0.5) is 0 Å². The molecule has 4 heteroatoms. The highest BCUT2D eigenvalue weighted by Gasteiger charge is 2.19. The van der Waals surface area contributed by atoms with E-state index in [1.54, 1.807) is 11.3 Å². The lowest BCUT2D eigenvalue weighted by Crippen LogP contribution is -2.01. The van der Waals surface area contributed by atoms with E-state index in [2.05, 4.69) is 200 Å². The summed E-state index contributed by atoms with van der Waals surface area (Å²) in [5.74, 6) is 1.95. The molecule has 0 aliphatic carbocycles. The molecule has 266 valence electrons. The normalized spacial score (nSPS) is 11.5. The summed E-state index contributed by atoms with van der Waals surface area (Å²) < 4.78 is 2.42. The fraction of sp³-hybridized carbons (Fsp3) is 0. The fourth-order valence-electron chi connectivity index (χ4n) is 8.08. The zero-order valence-electron chi connectivity index (χ0n) is 30.8. The minimum absolute atomic E-state index is 0.641. The van der Waals surface area contributed by atoms with Crippen molar-refractivity contribution in [2.75, 3.05) is 0 Å². The summed E-state index contributed by atoms with van der Waals surface area (Å²) in [6.45, 7) is 0. The lowest BCUT2D eigenvalue weighted by molar-refractivity contribution is 1.08. The topological polar surface area (TPSA) is 38.7 Å². The average molecular weight is 744 g/mol. The highest BCUT2D eigenvalue weighted by Crippen LogP contribution is 2.41. The van der Waals surface area contributed by atoms with Crippen molar-refractivity contribution in [1.29, 1.82) is 0 Å². The number of hydrogen-bond acceptors (Lipinski definition) is 4. The monoisotopic (exact) mass is 743 g/mol. The Balaban J connectivity index is 1.05. The summed E-state index contributed by atoms with van der Waals surface area (Å²) in [5, 5.41) is 7.15. The SMILES string of the molecule is c1ccc(-c2ccc3ccc(-c4ccc(-c5nc(-c6ccc(-c7ccccc7)c7ccccc67)nc(-c6cccc7c6sc6ccccc67)n5)cc4)cc3c2)cc1. The third-order valence-electron chi connectivity index (χ3n) is 11.0.